The van der Waals surface area contributed by atoms with E-state index in [1.807, 2.05) is 19.1 Å². The third-order valence-corrected chi connectivity index (χ3v) is 3.89. The molecule has 1 N–H and O–H groups in total. The minimum atomic E-state index is -0.825. The molecule has 1 unspecified atom stereocenters. The summed E-state index contributed by atoms with van der Waals surface area (Å²) in [5.41, 5.74) is 1.70. The van der Waals surface area contributed by atoms with Crippen molar-refractivity contribution in [3.63, 3.8) is 0 Å². The summed E-state index contributed by atoms with van der Waals surface area (Å²) in [6.07, 6.45) is 3.43. The molecule has 2 heterocycles. The average Bonchev–Trinajstić information content (AvgIpc) is 2.71. The molecule has 0 aromatic carbocycles. The molecule has 0 aliphatic carbocycles. The van der Waals surface area contributed by atoms with E-state index in [9.17, 15) is 4.79 Å². The topological polar surface area (TPSA) is 63.1 Å². The summed E-state index contributed by atoms with van der Waals surface area (Å²) in [7, 11) is 0. The van der Waals surface area contributed by atoms with E-state index in [0.717, 1.165) is 21.1 Å². The average molecular weight is 248 g/mol. The number of hydrogen-bond acceptors (Lipinski definition) is 4. The molecule has 0 bridgehead atoms. The third-order valence-electron chi connectivity index (χ3n) is 2.50. The van der Waals surface area contributed by atoms with Gasteiger partial charge in [0.2, 0.25) is 0 Å². The lowest BCUT2D eigenvalue weighted by molar-refractivity contribution is -0.138. The quantitative estimate of drug-likeness (QED) is 0.907. The second kappa shape index (κ2) is 4.63. The van der Waals surface area contributed by atoms with Crippen molar-refractivity contribution < 1.29 is 9.90 Å². The van der Waals surface area contributed by atoms with Gasteiger partial charge < -0.3 is 5.11 Å². The fourth-order valence-corrected chi connectivity index (χ4v) is 2.64. The van der Waals surface area contributed by atoms with Gasteiger partial charge in [0, 0.05) is 22.8 Å². The number of aromatic nitrogens is 2. The number of nitrogens with zero attached hydrogens (tertiary/aromatic N) is 2. The molecule has 2 aromatic heterocycles. The highest BCUT2D eigenvalue weighted by atomic mass is 32.1. The number of thiazole rings is 1. The highest BCUT2D eigenvalue weighted by Gasteiger charge is 2.20. The molecular weight excluding hydrogens is 236 g/mol. The molecule has 17 heavy (non-hydrogen) atoms. The molecule has 0 radical (unpaired) electrons. The zero-order chi connectivity index (χ0) is 12.4. The molecule has 0 spiro atoms. The first-order valence-corrected chi connectivity index (χ1v) is 6.01. The number of pyridine rings is 1. The molecule has 0 aliphatic heterocycles. The molecule has 2 rings (SSSR count). The normalized spacial score (nSPS) is 12.4. The van der Waals surface area contributed by atoms with Gasteiger partial charge in [0.25, 0.3) is 0 Å². The molecule has 2 aromatic rings. The summed E-state index contributed by atoms with van der Waals surface area (Å²) >= 11 is 1.42. The number of aryl methyl sites for hydroxylation is 1. The first-order valence-electron chi connectivity index (χ1n) is 5.20. The molecule has 4 nitrogen and oxygen atoms in total. The van der Waals surface area contributed by atoms with Crippen LogP contribution in [0.15, 0.2) is 24.5 Å². The highest BCUT2D eigenvalue weighted by Crippen LogP contribution is 2.32. The van der Waals surface area contributed by atoms with Gasteiger partial charge in [-0.3, -0.25) is 9.78 Å². The van der Waals surface area contributed by atoms with Crippen LogP contribution < -0.4 is 0 Å². The van der Waals surface area contributed by atoms with Gasteiger partial charge in [-0.1, -0.05) is 0 Å². The summed E-state index contributed by atoms with van der Waals surface area (Å²) in [6.45, 7) is 3.51. The zero-order valence-corrected chi connectivity index (χ0v) is 10.4. The van der Waals surface area contributed by atoms with Gasteiger partial charge in [0.15, 0.2) is 0 Å². The maximum absolute atomic E-state index is 11.0. The lowest BCUT2D eigenvalue weighted by Gasteiger charge is -2.02. The predicted molar refractivity (Wildman–Crippen MR) is 66.1 cm³/mol. The Morgan fingerprint density at radius 1 is 1.53 bits per heavy atom. The first kappa shape index (κ1) is 11.7. The first-order chi connectivity index (χ1) is 8.09. The Labute approximate surface area is 103 Å². The molecule has 1 atom stereocenters. The Hall–Kier alpha value is -1.75. The molecule has 5 heteroatoms. The number of carboxylic acids is 1. The van der Waals surface area contributed by atoms with E-state index in [1.165, 1.54) is 11.3 Å². The van der Waals surface area contributed by atoms with E-state index in [1.54, 1.807) is 19.3 Å². The van der Waals surface area contributed by atoms with Crippen LogP contribution in [-0.2, 0) is 4.79 Å². The van der Waals surface area contributed by atoms with Crippen LogP contribution in [0.3, 0.4) is 0 Å². The highest BCUT2D eigenvalue weighted by molar-refractivity contribution is 7.15. The number of carbonyl (C=O) groups is 1. The van der Waals surface area contributed by atoms with Gasteiger partial charge in [-0.15, -0.1) is 11.3 Å². The molecule has 0 saturated heterocycles. The van der Waals surface area contributed by atoms with Crippen molar-refractivity contribution in [1.29, 1.82) is 0 Å². The van der Waals surface area contributed by atoms with Crippen LogP contribution in [-0.4, -0.2) is 21.0 Å². The van der Waals surface area contributed by atoms with Crippen LogP contribution in [0.2, 0.25) is 0 Å². The standard InChI is InChI=1S/C12H12N2O2S/c1-7(12(15)16)10-8(2)14-11(17-10)9-4-3-5-13-6-9/h3-7H,1-2H3,(H,15,16). The lowest BCUT2D eigenvalue weighted by atomic mass is 10.1. The SMILES string of the molecule is Cc1nc(-c2cccnc2)sc1C(C)C(=O)O. The second-order valence-electron chi connectivity index (χ2n) is 3.77. The van der Waals surface area contributed by atoms with Crippen LogP contribution >= 0.6 is 11.3 Å². The van der Waals surface area contributed by atoms with Crippen LogP contribution in [0.1, 0.15) is 23.4 Å². The third kappa shape index (κ3) is 2.34. The second-order valence-corrected chi connectivity index (χ2v) is 4.80. The minimum absolute atomic E-state index is 0.516. The predicted octanol–water partition coefficient (Wildman–Crippen LogP) is 2.70. The van der Waals surface area contributed by atoms with Gasteiger partial charge in [-0.2, -0.15) is 0 Å². The van der Waals surface area contributed by atoms with Gasteiger partial charge in [-0.05, 0) is 26.0 Å². The Morgan fingerprint density at radius 2 is 2.29 bits per heavy atom. The van der Waals surface area contributed by atoms with E-state index in [4.69, 9.17) is 5.11 Å². The summed E-state index contributed by atoms with van der Waals surface area (Å²) in [4.78, 5) is 20.2. The number of aliphatic carboxylic acids is 1. The van der Waals surface area contributed by atoms with E-state index in [0.29, 0.717) is 0 Å². The van der Waals surface area contributed by atoms with Crippen molar-refractivity contribution in [2.45, 2.75) is 19.8 Å². The maximum atomic E-state index is 11.0. The molecule has 0 aliphatic rings. The smallest absolute Gasteiger partial charge is 0.311 e. The van der Waals surface area contributed by atoms with Crippen molar-refractivity contribution in [2.75, 3.05) is 0 Å². The van der Waals surface area contributed by atoms with E-state index in [2.05, 4.69) is 9.97 Å². The van der Waals surface area contributed by atoms with Gasteiger partial charge in [0.05, 0.1) is 11.6 Å². The monoisotopic (exact) mass is 248 g/mol. The Bertz CT molecular complexity index is 537. The number of hydrogen-bond donors (Lipinski definition) is 1. The molecule has 0 fully saturated rings. The van der Waals surface area contributed by atoms with Gasteiger partial charge >= 0.3 is 5.97 Å². The Kier molecular flexibility index (Phi) is 3.19. The number of rotatable bonds is 3. The van der Waals surface area contributed by atoms with E-state index >= 15 is 0 Å². The van der Waals surface area contributed by atoms with Crippen molar-refractivity contribution >= 4 is 17.3 Å². The van der Waals surface area contributed by atoms with Crippen molar-refractivity contribution in [2.24, 2.45) is 0 Å². The van der Waals surface area contributed by atoms with Crippen molar-refractivity contribution in [3.8, 4) is 10.6 Å². The van der Waals surface area contributed by atoms with Crippen LogP contribution in [0.4, 0.5) is 0 Å². The van der Waals surface area contributed by atoms with Gasteiger partial charge in [0.1, 0.15) is 5.01 Å². The largest absolute Gasteiger partial charge is 0.481 e. The van der Waals surface area contributed by atoms with Crippen LogP contribution in [0.25, 0.3) is 10.6 Å². The molecular formula is C12H12N2O2S. The zero-order valence-electron chi connectivity index (χ0n) is 9.54. The number of carboxylic acid groups (broad SMARTS) is 1. The summed E-state index contributed by atoms with van der Waals surface area (Å²) in [6, 6.07) is 3.76. The maximum Gasteiger partial charge on any atom is 0.311 e. The van der Waals surface area contributed by atoms with E-state index < -0.39 is 11.9 Å². The Morgan fingerprint density at radius 3 is 2.88 bits per heavy atom. The van der Waals surface area contributed by atoms with E-state index in [-0.39, 0.29) is 0 Å². The lowest BCUT2D eigenvalue weighted by Crippen LogP contribution is -2.06. The van der Waals surface area contributed by atoms with Crippen LogP contribution in [0.5, 0.6) is 0 Å². The fraction of sp³-hybridized carbons (Fsp3) is 0.250. The fourth-order valence-electron chi connectivity index (χ4n) is 1.53. The van der Waals surface area contributed by atoms with Crippen LogP contribution in [0, 0.1) is 6.92 Å². The molecule has 88 valence electrons. The summed E-state index contributed by atoms with van der Waals surface area (Å²) in [5.74, 6) is -1.34. The van der Waals surface area contributed by atoms with Crippen molar-refractivity contribution in [1.82, 2.24) is 9.97 Å². The Balaban J connectivity index is 2.41. The van der Waals surface area contributed by atoms with Crippen molar-refractivity contribution in [3.05, 3.63) is 35.1 Å². The van der Waals surface area contributed by atoms with Gasteiger partial charge in [-0.25, -0.2) is 4.98 Å². The summed E-state index contributed by atoms with van der Waals surface area (Å²) < 4.78 is 0. The molecule has 0 amide bonds. The summed E-state index contributed by atoms with van der Waals surface area (Å²) in [5, 5.41) is 9.82. The molecule has 0 saturated carbocycles. The minimum Gasteiger partial charge on any atom is -0.481 e.